The third-order valence-electron chi connectivity index (χ3n) is 2.19. The molecule has 1 nitrogen and oxygen atoms in total. The Morgan fingerprint density at radius 2 is 2.25 bits per heavy atom. The van der Waals surface area contributed by atoms with Crippen molar-refractivity contribution >= 4 is 21.6 Å². The zero-order chi connectivity index (χ0) is 8.55. The number of nitrogens with zero attached hydrogens (tertiary/aromatic N) is 1. The molecule has 0 fully saturated rings. The maximum Gasteiger partial charge on any atom is 0.0846 e. The second-order valence-electron chi connectivity index (χ2n) is 2.91. The van der Waals surface area contributed by atoms with Gasteiger partial charge < -0.3 is 0 Å². The summed E-state index contributed by atoms with van der Waals surface area (Å²) < 4.78 is 1.30. The molecule has 0 bridgehead atoms. The van der Waals surface area contributed by atoms with Crippen LogP contribution in [0.1, 0.15) is 18.1 Å². The maximum atomic E-state index is 4.37. The summed E-state index contributed by atoms with van der Waals surface area (Å²) in [6, 6.07) is 4.33. The van der Waals surface area contributed by atoms with Gasteiger partial charge in [-0.05, 0) is 30.5 Å². The SMILES string of the molecule is CCc1c(C)ccc2scnc12. The van der Waals surface area contributed by atoms with Gasteiger partial charge in [0.15, 0.2) is 0 Å². The topological polar surface area (TPSA) is 12.9 Å². The van der Waals surface area contributed by atoms with Crippen molar-refractivity contribution in [2.24, 2.45) is 0 Å². The monoisotopic (exact) mass is 177 g/mol. The summed E-state index contributed by atoms with van der Waals surface area (Å²) in [7, 11) is 0. The standard InChI is InChI=1S/C10H11NS/c1-3-8-7(2)4-5-9-10(8)11-6-12-9/h4-6H,3H2,1-2H3. The molecule has 1 aromatic heterocycles. The first-order valence-corrected chi connectivity index (χ1v) is 5.02. The molecule has 12 heavy (non-hydrogen) atoms. The summed E-state index contributed by atoms with van der Waals surface area (Å²) >= 11 is 1.71. The zero-order valence-corrected chi connectivity index (χ0v) is 8.11. The maximum absolute atomic E-state index is 4.37. The Bertz CT molecular complexity index is 403. The first-order valence-electron chi connectivity index (χ1n) is 4.14. The van der Waals surface area contributed by atoms with E-state index in [1.165, 1.54) is 21.3 Å². The highest BCUT2D eigenvalue weighted by Gasteiger charge is 2.04. The van der Waals surface area contributed by atoms with E-state index in [0.29, 0.717) is 0 Å². The lowest BCUT2D eigenvalue weighted by atomic mass is 10.1. The second kappa shape index (κ2) is 2.87. The molecule has 0 N–H and O–H groups in total. The summed E-state index contributed by atoms with van der Waals surface area (Å²) in [5, 5.41) is 0. The normalized spacial score (nSPS) is 10.8. The molecule has 0 aliphatic rings. The zero-order valence-electron chi connectivity index (χ0n) is 7.29. The van der Waals surface area contributed by atoms with Gasteiger partial charge in [-0.15, -0.1) is 11.3 Å². The second-order valence-corrected chi connectivity index (χ2v) is 3.80. The van der Waals surface area contributed by atoms with Crippen molar-refractivity contribution in [2.45, 2.75) is 20.3 Å². The highest BCUT2D eigenvalue weighted by Crippen LogP contribution is 2.24. The van der Waals surface area contributed by atoms with Crippen LogP contribution in [0.3, 0.4) is 0 Å². The molecule has 62 valence electrons. The molecule has 0 atom stereocenters. The molecule has 0 unspecified atom stereocenters. The van der Waals surface area contributed by atoms with E-state index >= 15 is 0 Å². The molecular formula is C10H11NS. The molecule has 2 heteroatoms. The largest absolute Gasteiger partial charge is 0.244 e. The molecule has 1 heterocycles. The highest BCUT2D eigenvalue weighted by molar-refractivity contribution is 7.16. The third kappa shape index (κ3) is 1.03. The van der Waals surface area contributed by atoms with Gasteiger partial charge in [0, 0.05) is 0 Å². The summed E-state index contributed by atoms with van der Waals surface area (Å²) in [6.07, 6.45) is 1.08. The van der Waals surface area contributed by atoms with Crippen molar-refractivity contribution in [1.29, 1.82) is 0 Å². The highest BCUT2D eigenvalue weighted by atomic mass is 32.1. The Hall–Kier alpha value is -0.890. The molecular weight excluding hydrogens is 166 g/mol. The van der Waals surface area contributed by atoms with Crippen molar-refractivity contribution < 1.29 is 0 Å². The van der Waals surface area contributed by atoms with Gasteiger partial charge >= 0.3 is 0 Å². The van der Waals surface area contributed by atoms with E-state index in [1.807, 2.05) is 5.51 Å². The number of rotatable bonds is 1. The van der Waals surface area contributed by atoms with Crippen LogP contribution < -0.4 is 0 Å². The molecule has 2 rings (SSSR count). The van der Waals surface area contributed by atoms with Crippen molar-refractivity contribution in [1.82, 2.24) is 4.98 Å². The predicted octanol–water partition coefficient (Wildman–Crippen LogP) is 3.17. The van der Waals surface area contributed by atoms with E-state index in [9.17, 15) is 0 Å². The molecule has 0 aliphatic carbocycles. The fourth-order valence-electron chi connectivity index (χ4n) is 1.53. The van der Waals surface area contributed by atoms with Crippen LogP contribution in [0, 0.1) is 6.92 Å². The van der Waals surface area contributed by atoms with Gasteiger partial charge in [-0.2, -0.15) is 0 Å². The van der Waals surface area contributed by atoms with Crippen LogP contribution in [0.5, 0.6) is 0 Å². The fraction of sp³-hybridized carbons (Fsp3) is 0.300. The van der Waals surface area contributed by atoms with Gasteiger partial charge in [0.05, 0.1) is 15.7 Å². The number of fused-ring (bicyclic) bond motifs is 1. The minimum atomic E-state index is 1.08. The van der Waals surface area contributed by atoms with E-state index in [4.69, 9.17) is 0 Å². The number of hydrogen-bond acceptors (Lipinski definition) is 2. The quantitative estimate of drug-likeness (QED) is 0.652. The average molecular weight is 177 g/mol. The summed E-state index contributed by atoms with van der Waals surface area (Å²) in [4.78, 5) is 4.37. The molecule has 0 saturated heterocycles. The Morgan fingerprint density at radius 3 is 3.00 bits per heavy atom. The average Bonchev–Trinajstić information content (AvgIpc) is 2.52. The van der Waals surface area contributed by atoms with Crippen LogP contribution in [0.2, 0.25) is 0 Å². The van der Waals surface area contributed by atoms with Crippen molar-refractivity contribution in [3.63, 3.8) is 0 Å². The first-order chi connectivity index (χ1) is 5.83. The molecule has 0 radical (unpaired) electrons. The van der Waals surface area contributed by atoms with Crippen LogP contribution >= 0.6 is 11.3 Å². The van der Waals surface area contributed by atoms with Gasteiger partial charge in [0.25, 0.3) is 0 Å². The Labute approximate surface area is 76.1 Å². The van der Waals surface area contributed by atoms with Crippen molar-refractivity contribution in [3.05, 3.63) is 28.8 Å². The van der Waals surface area contributed by atoms with Crippen molar-refractivity contribution in [3.8, 4) is 0 Å². The predicted molar refractivity (Wildman–Crippen MR) is 53.7 cm³/mol. The number of thiazole rings is 1. The van der Waals surface area contributed by atoms with Crippen LogP contribution in [0.25, 0.3) is 10.2 Å². The summed E-state index contributed by atoms with van der Waals surface area (Å²) in [5.41, 5.74) is 5.87. The van der Waals surface area contributed by atoms with Crippen LogP contribution in [-0.4, -0.2) is 4.98 Å². The lowest BCUT2D eigenvalue weighted by molar-refractivity contribution is 1.12. The van der Waals surface area contributed by atoms with Crippen molar-refractivity contribution in [2.75, 3.05) is 0 Å². The number of aromatic nitrogens is 1. The Kier molecular flexibility index (Phi) is 1.85. The van der Waals surface area contributed by atoms with Gasteiger partial charge in [-0.25, -0.2) is 4.98 Å². The molecule has 0 aliphatic heterocycles. The van der Waals surface area contributed by atoms with E-state index in [1.54, 1.807) is 11.3 Å². The lowest BCUT2D eigenvalue weighted by Gasteiger charge is -2.02. The minimum absolute atomic E-state index is 1.08. The smallest absolute Gasteiger partial charge is 0.0846 e. The first kappa shape index (κ1) is 7.74. The molecule has 0 spiro atoms. The minimum Gasteiger partial charge on any atom is -0.244 e. The summed E-state index contributed by atoms with van der Waals surface area (Å²) in [5.74, 6) is 0. The van der Waals surface area contributed by atoms with Gasteiger partial charge in [0.1, 0.15) is 0 Å². The number of benzene rings is 1. The molecule has 0 amide bonds. The van der Waals surface area contributed by atoms with Crippen LogP contribution in [-0.2, 0) is 6.42 Å². The van der Waals surface area contributed by atoms with Crippen LogP contribution in [0.4, 0.5) is 0 Å². The van der Waals surface area contributed by atoms with E-state index in [0.717, 1.165) is 6.42 Å². The third-order valence-corrected chi connectivity index (χ3v) is 2.99. The van der Waals surface area contributed by atoms with E-state index < -0.39 is 0 Å². The fourth-order valence-corrected chi connectivity index (χ4v) is 2.24. The number of hydrogen-bond donors (Lipinski definition) is 0. The molecule has 2 aromatic rings. The molecule has 1 aromatic carbocycles. The van der Waals surface area contributed by atoms with Gasteiger partial charge in [-0.1, -0.05) is 13.0 Å². The van der Waals surface area contributed by atoms with E-state index in [-0.39, 0.29) is 0 Å². The van der Waals surface area contributed by atoms with Crippen LogP contribution in [0.15, 0.2) is 17.6 Å². The Balaban J connectivity index is 2.83. The summed E-state index contributed by atoms with van der Waals surface area (Å²) in [6.45, 7) is 4.33. The Morgan fingerprint density at radius 1 is 1.42 bits per heavy atom. The van der Waals surface area contributed by atoms with E-state index in [2.05, 4.69) is 31.0 Å². The number of aryl methyl sites for hydroxylation is 2. The van der Waals surface area contributed by atoms with Gasteiger partial charge in [0.2, 0.25) is 0 Å². The lowest BCUT2D eigenvalue weighted by Crippen LogP contribution is -1.87. The van der Waals surface area contributed by atoms with Gasteiger partial charge in [-0.3, -0.25) is 0 Å². The molecule has 0 saturated carbocycles.